The van der Waals surface area contributed by atoms with Crippen molar-refractivity contribution in [2.75, 3.05) is 25.1 Å². The lowest BCUT2D eigenvalue weighted by atomic mass is 10.1. The van der Waals surface area contributed by atoms with Crippen molar-refractivity contribution < 1.29 is 39.0 Å². The predicted molar refractivity (Wildman–Crippen MR) is 131 cm³/mol. The summed E-state index contributed by atoms with van der Waals surface area (Å²) in [6.07, 6.45) is 1.25. The van der Waals surface area contributed by atoms with Crippen molar-refractivity contribution in [1.29, 1.82) is 0 Å². The molecule has 36 heavy (non-hydrogen) atoms. The van der Waals surface area contributed by atoms with Crippen molar-refractivity contribution >= 4 is 58.7 Å². The number of nitrogens with one attached hydrogen (secondary N) is 2. The first kappa shape index (κ1) is 27.5. The number of nitrogens with zero attached hydrogens (tertiary/aromatic N) is 2. The van der Waals surface area contributed by atoms with Crippen LogP contribution in [-0.4, -0.2) is 105 Å². The molecule has 12 nitrogen and oxygen atoms in total. The molecule has 0 radical (unpaired) electrons. The van der Waals surface area contributed by atoms with E-state index in [9.17, 15) is 39.0 Å². The number of aliphatic carboxylic acids is 2. The van der Waals surface area contributed by atoms with E-state index in [1.807, 2.05) is 0 Å². The molecule has 4 N–H and O–H groups in total. The van der Waals surface area contributed by atoms with Gasteiger partial charge in [-0.1, -0.05) is 6.07 Å². The molecule has 4 unspecified atom stereocenters. The zero-order valence-electron chi connectivity index (χ0n) is 19.5. The Bertz CT molecular complexity index is 1020. The fraction of sp³-hybridized carbons (Fsp3) is 0.545. The minimum atomic E-state index is -1.21. The summed E-state index contributed by atoms with van der Waals surface area (Å²) in [6, 6.07) is 0.0312. The lowest BCUT2D eigenvalue weighted by Crippen LogP contribution is -2.43. The van der Waals surface area contributed by atoms with Crippen LogP contribution in [0, 0.1) is 0 Å². The maximum absolute atomic E-state index is 12.8. The van der Waals surface area contributed by atoms with Crippen molar-refractivity contribution in [3.63, 3.8) is 0 Å². The Balaban J connectivity index is 1.57. The first-order valence-electron chi connectivity index (χ1n) is 11.3. The lowest BCUT2D eigenvalue weighted by molar-refractivity contribution is -0.150. The summed E-state index contributed by atoms with van der Waals surface area (Å²) in [5, 5.41) is 26.3. The van der Waals surface area contributed by atoms with Gasteiger partial charge in [0.2, 0.25) is 17.7 Å². The summed E-state index contributed by atoms with van der Waals surface area (Å²) in [6.45, 7) is 0.00845. The van der Waals surface area contributed by atoms with E-state index >= 15 is 0 Å². The highest BCUT2D eigenvalue weighted by Gasteiger charge is 2.42. The van der Waals surface area contributed by atoms with Gasteiger partial charge < -0.3 is 30.6 Å². The number of rotatable bonds is 10. The zero-order valence-corrected chi connectivity index (χ0v) is 21.2. The van der Waals surface area contributed by atoms with Gasteiger partial charge in [-0.25, -0.2) is 9.59 Å². The highest BCUT2D eigenvalue weighted by atomic mass is 32.2. The van der Waals surface area contributed by atoms with E-state index in [2.05, 4.69) is 10.6 Å². The molecule has 2 aliphatic rings. The van der Waals surface area contributed by atoms with Crippen LogP contribution in [0.3, 0.4) is 0 Å². The topological polar surface area (TPSA) is 173 Å². The summed E-state index contributed by atoms with van der Waals surface area (Å²) >= 11 is 2.56. The van der Waals surface area contributed by atoms with E-state index in [-0.39, 0.29) is 56.3 Å². The summed E-state index contributed by atoms with van der Waals surface area (Å²) in [4.78, 5) is 76.0. The zero-order chi connectivity index (χ0) is 26.4. The fourth-order valence-electron chi connectivity index (χ4n) is 4.47. The summed E-state index contributed by atoms with van der Waals surface area (Å²) in [7, 11) is 0. The van der Waals surface area contributed by atoms with Gasteiger partial charge in [-0.3, -0.25) is 19.2 Å². The minimum absolute atomic E-state index is 0.00782. The van der Waals surface area contributed by atoms with Crippen LogP contribution >= 0.6 is 23.1 Å². The van der Waals surface area contributed by atoms with Crippen molar-refractivity contribution in [3.8, 4) is 0 Å². The van der Waals surface area contributed by atoms with Crippen LogP contribution in [-0.2, 0) is 24.0 Å². The molecule has 1 aromatic heterocycles. The third-order valence-electron chi connectivity index (χ3n) is 6.09. The molecule has 0 aliphatic carbocycles. The molecular formula is C22H28N4O8S2. The van der Waals surface area contributed by atoms with Crippen LogP contribution in [0.15, 0.2) is 17.5 Å². The highest BCUT2D eigenvalue weighted by molar-refractivity contribution is 7.99. The smallest absolute Gasteiger partial charge is 0.326 e. The van der Waals surface area contributed by atoms with Gasteiger partial charge in [-0.05, 0) is 17.7 Å². The Morgan fingerprint density at radius 1 is 0.944 bits per heavy atom. The molecule has 2 saturated heterocycles. The molecule has 0 aromatic carbocycles. The third kappa shape index (κ3) is 6.75. The number of thioether (sulfide) groups is 1. The number of carboxylic acids is 2. The van der Waals surface area contributed by atoms with E-state index in [0.29, 0.717) is 4.88 Å². The third-order valence-corrected chi connectivity index (χ3v) is 7.51. The molecule has 1 aromatic rings. The number of hydrogen-bond acceptors (Lipinski definition) is 8. The van der Waals surface area contributed by atoms with E-state index in [1.54, 1.807) is 23.8 Å². The average Bonchev–Trinajstić information content (AvgIpc) is 3.56. The Morgan fingerprint density at radius 3 is 1.92 bits per heavy atom. The maximum Gasteiger partial charge on any atom is 0.326 e. The standard InChI is InChI=1S/C22H28N4O8S2/c1-35-11-17(27)23-12-7-14(21(31)32)25(9-12)18(28)4-5-19(29)26-10-13(8-15(26)22(33)34)24-20(30)16-3-2-6-36-16/h2-3,6,12-15H,4-5,7-11H2,1H3,(H,23,27)(H,24,30)(H,31,32)(H,33,34). The van der Waals surface area contributed by atoms with E-state index in [0.717, 1.165) is 9.80 Å². The molecule has 196 valence electrons. The maximum atomic E-state index is 12.8. The number of carboxylic acid groups (broad SMARTS) is 2. The molecule has 3 rings (SSSR count). The minimum Gasteiger partial charge on any atom is -0.480 e. The molecular weight excluding hydrogens is 512 g/mol. The quantitative estimate of drug-likeness (QED) is 0.315. The SMILES string of the molecule is CSCC(=O)NC1CC(C(=O)O)N(C(=O)CCC(=O)N2CC(NC(=O)c3cccs3)CC2C(=O)O)C1. The van der Waals surface area contributed by atoms with Crippen LogP contribution in [0.25, 0.3) is 0 Å². The second-order valence-corrected chi connectivity index (χ2v) is 10.4. The van der Waals surface area contributed by atoms with Crippen LogP contribution in [0.4, 0.5) is 0 Å². The molecule has 2 aliphatic heterocycles. The van der Waals surface area contributed by atoms with Crippen molar-refractivity contribution in [1.82, 2.24) is 20.4 Å². The number of likely N-dealkylation sites (tertiary alicyclic amines) is 2. The van der Waals surface area contributed by atoms with Crippen molar-refractivity contribution in [2.24, 2.45) is 0 Å². The Hall–Kier alpha value is -3.13. The van der Waals surface area contributed by atoms with Gasteiger partial charge >= 0.3 is 11.9 Å². The predicted octanol–water partition coefficient (Wildman–Crippen LogP) is -0.154. The van der Waals surface area contributed by atoms with Crippen molar-refractivity contribution in [2.45, 2.75) is 49.9 Å². The van der Waals surface area contributed by atoms with Crippen molar-refractivity contribution in [3.05, 3.63) is 22.4 Å². The second-order valence-electron chi connectivity index (χ2n) is 8.62. The number of hydrogen-bond donors (Lipinski definition) is 4. The number of carbonyl (C=O) groups is 6. The normalized spacial score (nSPS) is 23.4. The Labute approximate surface area is 215 Å². The van der Waals surface area contributed by atoms with Gasteiger partial charge in [0.15, 0.2) is 0 Å². The van der Waals surface area contributed by atoms with Gasteiger partial charge in [0.25, 0.3) is 5.91 Å². The molecule has 4 amide bonds. The average molecular weight is 541 g/mol. The molecule has 0 bridgehead atoms. The van der Waals surface area contributed by atoms with E-state index in [1.165, 1.54) is 23.1 Å². The summed E-state index contributed by atoms with van der Waals surface area (Å²) in [5.74, 6) is -3.94. The summed E-state index contributed by atoms with van der Waals surface area (Å²) < 4.78 is 0. The van der Waals surface area contributed by atoms with E-state index < -0.39 is 47.9 Å². The molecule has 0 spiro atoms. The van der Waals surface area contributed by atoms with Gasteiger partial charge in [-0.15, -0.1) is 11.3 Å². The van der Waals surface area contributed by atoms with Gasteiger partial charge in [0, 0.05) is 50.9 Å². The van der Waals surface area contributed by atoms with Crippen LogP contribution in [0.5, 0.6) is 0 Å². The summed E-state index contributed by atoms with van der Waals surface area (Å²) in [5.41, 5.74) is 0. The van der Waals surface area contributed by atoms with Gasteiger partial charge in [0.1, 0.15) is 12.1 Å². The van der Waals surface area contributed by atoms with Gasteiger partial charge in [0.05, 0.1) is 10.6 Å². The Morgan fingerprint density at radius 2 is 1.47 bits per heavy atom. The highest BCUT2D eigenvalue weighted by Crippen LogP contribution is 2.23. The number of thiophene rings is 1. The molecule has 14 heteroatoms. The molecule has 4 atom stereocenters. The molecule has 0 saturated carbocycles. The first-order chi connectivity index (χ1) is 17.1. The second kappa shape index (κ2) is 12.2. The number of amides is 4. The Kier molecular flexibility index (Phi) is 9.31. The number of carbonyl (C=O) groups excluding carboxylic acids is 4. The largest absolute Gasteiger partial charge is 0.480 e. The van der Waals surface area contributed by atoms with Gasteiger partial charge in [-0.2, -0.15) is 11.8 Å². The van der Waals surface area contributed by atoms with Crippen LogP contribution < -0.4 is 10.6 Å². The fourth-order valence-corrected chi connectivity index (χ4v) is 5.44. The van der Waals surface area contributed by atoms with E-state index in [4.69, 9.17) is 0 Å². The van der Waals surface area contributed by atoms with Crippen LogP contribution in [0.1, 0.15) is 35.4 Å². The molecule has 3 heterocycles. The molecule has 2 fully saturated rings. The van der Waals surface area contributed by atoms with Crippen LogP contribution in [0.2, 0.25) is 0 Å². The lowest BCUT2D eigenvalue weighted by Gasteiger charge is -2.24. The monoisotopic (exact) mass is 540 g/mol. The first-order valence-corrected chi connectivity index (χ1v) is 13.5.